The van der Waals surface area contributed by atoms with Crippen LogP contribution in [0.15, 0.2) is 18.7 Å². The van der Waals surface area contributed by atoms with Gasteiger partial charge in [-0.25, -0.2) is 0 Å². The highest BCUT2D eigenvalue weighted by Crippen LogP contribution is 2.13. The lowest BCUT2D eigenvalue weighted by atomic mass is 10.0. The van der Waals surface area contributed by atoms with Crippen molar-refractivity contribution in [1.29, 1.82) is 0 Å². The van der Waals surface area contributed by atoms with Gasteiger partial charge in [-0.3, -0.25) is 0 Å². The summed E-state index contributed by atoms with van der Waals surface area (Å²) in [4.78, 5) is 0. The second kappa shape index (κ2) is 3.33. The van der Waals surface area contributed by atoms with Crippen LogP contribution in [0.2, 0.25) is 0 Å². The number of allylic oxidation sites excluding steroid dienone is 2. The SMILES string of the molecule is C=C/C=c1/c2c(n(C)c1=C)CCC=C2. The van der Waals surface area contributed by atoms with E-state index in [1.165, 1.54) is 16.5 Å². The Bertz CT molecular complexity index is 500. The Hall–Kier alpha value is -1.50. The molecule has 1 aromatic heterocycles. The van der Waals surface area contributed by atoms with Gasteiger partial charge in [-0.15, -0.1) is 0 Å². The topological polar surface area (TPSA) is 4.93 Å². The third-order valence-electron chi connectivity index (χ3n) is 2.84. The van der Waals surface area contributed by atoms with E-state index < -0.39 is 0 Å². The summed E-state index contributed by atoms with van der Waals surface area (Å²) in [5.41, 5.74) is 2.72. The first kappa shape index (κ1) is 9.07. The molecule has 0 aromatic carbocycles. The summed E-state index contributed by atoms with van der Waals surface area (Å²) >= 11 is 0. The van der Waals surface area contributed by atoms with Crippen LogP contribution in [-0.4, -0.2) is 4.57 Å². The molecule has 0 aliphatic heterocycles. The smallest absolute Gasteiger partial charge is 0.0413 e. The predicted octanol–water partition coefficient (Wildman–Crippen LogP) is 1.36. The monoisotopic (exact) mass is 185 g/mol. The van der Waals surface area contributed by atoms with E-state index >= 15 is 0 Å². The maximum atomic E-state index is 4.09. The molecule has 0 N–H and O–H groups in total. The second-order valence-electron chi connectivity index (χ2n) is 3.62. The van der Waals surface area contributed by atoms with E-state index in [1.54, 1.807) is 0 Å². The molecule has 1 aromatic rings. The van der Waals surface area contributed by atoms with Crippen LogP contribution in [0.5, 0.6) is 0 Å². The van der Waals surface area contributed by atoms with Gasteiger partial charge in [0.15, 0.2) is 0 Å². The number of hydrogen-bond donors (Lipinski definition) is 0. The van der Waals surface area contributed by atoms with Gasteiger partial charge in [-0.05, 0) is 12.8 Å². The summed E-state index contributed by atoms with van der Waals surface area (Å²) in [5.74, 6) is 0. The van der Waals surface area contributed by atoms with Gasteiger partial charge in [0, 0.05) is 28.9 Å². The Balaban J connectivity index is 2.87. The summed E-state index contributed by atoms with van der Waals surface area (Å²) < 4.78 is 2.19. The standard InChI is InChI=1S/C13H15N/c1-4-7-11-10(2)14(3)13-9-6-5-8-12(11)13/h4-5,7-8H,1-2,6,9H2,3H3/b11-7+. The summed E-state index contributed by atoms with van der Waals surface area (Å²) in [6.07, 6.45) is 10.5. The van der Waals surface area contributed by atoms with Crippen LogP contribution in [0.3, 0.4) is 0 Å². The molecule has 0 saturated carbocycles. The average molecular weight is 185 g/mol. The zero-order valence-electron chi connectivity index (χ0n) is 8.59. The van der Waals surface area contributed by atoms with E-state index in [4.69, 9.17) is 0 Å². The Labute approximate surface area is 84.4 Å². The molecule has 0 spiro atoms. The van der Waals surface area contributed by atoms with E-state index in [-0.39, 0.29) is 0 Å². The van der Waals surface area contributed by atoms with E-state index in [0.717, 1.165) is 18.2 Å². The van der Waals surface area contributed by atoms with Gasteiger partial charge in [0.1, 0.15) is 0 Å². The van der Waals surface area contributed by atoms with Gasteiger partial charge < -0.3 is 4.57 Å². The minimum atomic E-state index is 1.08. The van der Waals surface area contributed by atoms with Crippen LogP contribution in [-0.2, 0) is 13.5 Å². The van der Waals surface area contributed by atoms with Crippen molar-refractivity contribution in [3.8, 4) is 0 Å². The molecule has 0 fully saturated rings. The molecule has 1 heterocycles. The first-order valence-corrected chi connectivity index (χ1v) is 4.91. The fourth-order valence-electron chi connectivity index (χ4n) is 2.05. The lowest BCUT2D eigenvalue weighted by Gasteiger charge is -2.07. The van der Waals surface area contributed by atoms with E-state index in [2.05, 4.69) is 36.9 Å². The van der Waals surface area contributed by atoms with Crippen molar-refractivity contribution < 1.29 is 0 Å². The summed E-state index contributed by atoms with van der Waals surface area (Å²) in [6, 6.07) is 0. The van der Waals surface area contributed by atoms with Crippen LogP contribution in [0.1, 0.15) is 17.7 Å². The van der Waals surface area contributed by atoms with Crippen molar-refractivity contribution in [1.82, 2.24) is 4.57 Å². The molecule has 1 aliphatic rings. The van der Waals surface area contributed by atoms with Crippen LogP contribution in [0, 0.1) is 0 Å². The molecule has 0 atom stereocenters. The summed E-state index contributed by atoms with van der Waals surface area (Å²) in [6.45, 7) is 7.83. The molecule has 1 nitrogen and oxygen atoms in total. The van der Waals surface area contributed by atoms with Crippen molar-refractivity contribution in [2.45, 2.75) is 12.8 Å². The summed E-state index contributed by atoms with van der Waals surface area (Å²) in [5, 5.41) is 2.30. The van der Waals surface area contributed by atoms with Crippen LogP contribution >= 0.6 is 0 Å². The van der Waals surface area contributed by atoms with Gasteiger partial charge >= 0.3 is 0 Å². The number of hydrogen-bond acceptors (Lipinski definition) is 0. The van der Waals surface area contributed by atoms with Crippen molar-refractivity contribution in [2.75, 3.05) is 0 Å². The highest BCUT2D eigenvalue weighted by atomic mass is 14.9. The third-order valence-corrected chi connectivity index (χ3v) is 2.84. The van der Waals surface area contributed by atoms with Crippen molar-refractivity contribution in [3.05, 3.63) is 40.6 Å². The quantitative estimate of drug-likeness (QED) is 0.622. The molecular weight excluding hydrogens is 170 g/mol. The van der Waals surface area contributed by atoms with Gasteiger partial charge in [-0.1, -0.05) is 37.5 Å². The van der Waals surface area contributed by atoms with Gasteiger partial charge in [-0.2, -0.15) is 0 Å². The molecule has 1 aliphatic carbocycles. The Morgan fingerprint density at radius 2 is 2.29 bits per heavy atom. The van der Waals surface area contributed by atoms with Crippen LogP contribution in [0.25, 0.3) is 18.7 Å². The molecule has 1 heteroatoms. The summed E-state index contributed by atoms with van der Waals surface area (Å²) in [7, 11) is 2.08. The predicted molar refractivity (Wildman–Crippen MR) is 62.2 cm³/mol. The molecule has 0 saturated heterocycles. The highest BCUT2D eigenvalue weighted by Gasteiger charge is 2.10. The number of aromatic nitrogens is 1. The number of rotatable bonds is 1. The molecular formula is C13H15N. The van der Waals surface area contributed by atoms with E-state index in [9.17, 15) is 0 Å². The molecule has 0 radical (unpaired) electrons. The van der Waals surface area contributed by atoms with Crippen molar-refractivity contribution >= 4 is 18.7 Å². The van der Waals surface area contributed by atoms with E-state index in [1.807, 2.05) is 12.2 Å². The zero-order valence-corrected chi connectivity index (χ0v) is 8.59. The highest BCUT2D eigenvalue weighted by molar-refractivity contribution is 5.59. The normalized spacial score (nSPS) is 15.6. The van der Waals surface area contributed by atoms with Crippen LogP contribution < -0.4 is 10.6 Å². The molecule has 0 amide bonds. The van der Waals surface area contributed by atoms with Gasteiger partial charge in [0.05, 0.1) is 0 Å². The molecule has 14 heavy (non-hydrogen) atoms. The van der Waals surface area contributed by atoms with Crippen molar-refractivity contribution in [3.63, 3.8) is 0 Å². The Kier molecular flexibility index (Phi) is 2.16. The molecule has 0 unspecified atom stereocenters. The maximum Gasteiger partial charge on any atom is 0.0413 e. The fraction of sp³-hybridized carbons (Fsp3) is 0.231. The van der Waals surface area contributed by atoms with Crippen molar-refractivity contribution in [2.24, 2.45) is 7.05 Å². The lowest BCUT2D eigenvalue weighted by Crippen LogP contribution is -2.26. The van der Waals surface area contributed by atoms with Gasteiger partial charge in [0.2, 0.25) is 0 Å². The van der Waals surface area contributed by atoms with E-state index in [0.29, 0.717) is 0 Å². The zero-order chi connectivity index (χ0) is 10.1. The average Bonchev–Trinajstić information content (AvgIpc) is 2.45. The molecule has 72 valence electrons. The largest absolute Gasteiger partial charge is 0.348 e. The number of nitrogens with zero attached hydrogens (tertiary/aromatic N) is 1. The minimum absolute atomic E-state index is 1.08. The fourth-order valence-corrected chi connectivity index (χ4v) is 2.05. The third kappa shape index (κ3) is 1.17. The number of fused-ring (bicyclic) bond motifs is 1. The minimum Gasteiger partial charge on any atom is -0.348 e. The maximum absolute atomic E-state index is 4.09. The van der Waals surface area contributed by atoms with Gasteiger partial charge in [0.25, 0.3) is 0 Å². The molecule has 2 rings (SSSR count). The first-order valence-electron chi connectivity index (χ1n) is 4.91. The second-order valence-corrected chi connectivity index (χ2v) is 3.62. The Morgan fingerprint density at radius 3 is 3.00 bits per heavy atom. The Morgan fingerprint density at radius 1 is 1.50 bits per heavy atom. The van der Waals surface area contributed by atoms with Crippen LogP contribution in [0.4, 0.5) is 0 Å². The molecule has 0 bridgehead atoms. The first-order chi connectivity index (χ1) is 6.75. The lowest BCUT2D eigenvalue weighted by molar-refractivity contribution is 0.785.